The van der Waals surface area contributed by atoms with Gasteiger partial charge in [0.25, 0.3) is 0 Å². The fraction of sp³-hybridized carbons (Fsp3) is 0.667. The van der Waals surface area contributed by atoms with Crippen molar-refractivity contribution in [2.75, 3.05) is 6.26 Å². The molecule has 13 heavy (non-hydrogen) atoms. The lowest BCUT2D eigenvalue weighted by molar-refractivity contribution is 0.475. The third kappa shape index (κ3) is 5.67. The van der Waals surface area contributed by atoms with Gasteiger partial charge in [0.15, 0.2) is 0 Å². The number of nitrogens with zero attached hydrogens (tertiary/aromatic N) is 2. The van der Waals surface area contributed by atoms with E-state index in [4.69, 9.17) is 11.0 Å². The summed E-state index contributed by atoms with van der Waals surface area (Å²) in [6, 6.07) is -0.241. The van der Waals surface area contributed by atoms with Gasteiger partial charge in [-0.15, -0.1) is 11.8 Å². The van der Waals surface area contributed by atoms with Gasteiger partial charge in [-0.3, -0.25) is 0 Å². The molecule has 4 heteroatoms. The lowest BCUT2D eigenvalue weighted by atomic mass is 9.89. The van der Waals surface area contributed by atoms with Gasteiger partial charge in [-0.25, -0.2) is 0 Å². The molecule has 73 valence electrons. The molecule has 0 aliphatic heterocycles. The molecule has 1 atom stereocenters. The quantitative estimate of drug-likeness (QED) is 0.418. The number of hydrogen-bond acceptors (Lipinski definition) is 4. The lowest BCUT2D eigenvalue weighted by Gasteiger charge is -2.22. The molecule has 3 nitrogen and oxygen atoms in total. The number of nitrogens with two attached hydrogens (primary N) is 1. The summed E-state index contributed by atoms with van der Waals surface area (Å²) in [5.41, 5.74) is 5.89. The molecule has 1 unspecified atom stereocenters. The van der Waals surface area contributed by atoms with E-state index in [1.54, 1.807) is 6.19 Å². The Morgan fingerprint density at radius 2 is 2.15 bits per heavy atom. The summed E-state index contributed by atoms with van der Waals surface area (Å²) in [6.45, 7) is 6.20. The number of aliphatic imine (C=N–C) groups is 1. The molecule has 1 radical (unpaired) electrons. The summed E-state index contributed by atoms with van der Waals surface area (Å²) in [4.78, 5) is 3.66. The molecule has 0 bridgehead atoms. The molecule has 2 N–H and O–H groups in total. The molecule has 0 saturated carbocycles. The minimum atomic E-state index is -0.241. The Morgan fingerprint density at radius 1 is 1.62 bits per heavy atom. The molecule has 0 aromatic heterocycles. The van der Waals surface area contributed by atoms with Crippen LogP contribution in [0.1, 0.15) is 20.8 Å². The van der Waals surface area contributed by atoms with Crippen LogP contribution < -0.4 is 5.73 Å². The predicted molar refractivity (Wildman–Crippen MR) is 58.3 cm³/mol. The fourth-order valence-electron chi connectivity index (χ4n) is 0.916. The predicted octanol–water partition coefficient (Wildman–Crippen LogP) is 1.81. The summed E-state index contributed by atoms with van der Waals surface area (Å²) in [7, 11) is 0. The topological polar surface area (TPSA) is 62.2 Å². The zero-order chi connectivity index (χ0) is 10.5. The second-order valence-electron chi connectivity index (χ2n) is 3.81. The van der Waals surface area contributed by atoms with E-state index in [2.05, 4.69) is 25.8 Å². The van der Waals surface area contributed by atoms with Gasteiger partial charge in [0.2, 0.25) is 6.19 Å². The summed E-state index contributed by atoms with van der Waals surface area (Å²) in [6.07, 6.45) is 5.61. The molecule has 0 aliphatic rings. The maximum absolute atomic E-state index is 8.39. The van der Waals surface area contributed by atoms with Crippen molar-refractivity contribution in [1.29, 1.82) is 5.26 Å². The van der Waals surface area contributed by atoms with Crippen molar-refractivity contribution in [3.63, 3.8) is 0 Å². The SMILES string of the molecule is CSC(=NC#N)C(N)[CH]C(C)(C)C. The lowest BCUT2D eigenvalue weighted by Crippen LogP contribution is -2.33. The van der Waals surface area contributed by atoms with Gasteiger partial charge in [0.1, 0.15) is 5.04 Å². The molecular formula is C9H16N3S. The Bertz CT molecular complexity index is 222. The maximum Gasteiger partial charge on any atom is 0.206 e. The van der Waals surface area contributed by atoms with Crippen molar-refractivity contribution in [2.45, 2.75) is 26.8 Å². The monoisotopic (exact) mass is 198 g/mol. The van der Waals surface area contributed by atoms with Gasteiger partial charge < -0.3 is 5.73 Å². The average molecular weight is 198 g/mol. The summed E-state index contributed by atoms with van der Waals surface area (Å²) in [5.74, 6) is 0. The molecule has 0 aliphatic carbocycles. The van der Waals surface area contributed by atoms with Crippen LogP contribution >= 0.6 is 11.8 Å². The third-order valence-corrected chi connectivity index (χ3v) is 2.12. The Morgan fingerprint density at radius 3 is 2.46 bits per heavy atom. The van der Waals surface area contributed by atoms with Crippen LogP contribution in [0.4, 0.5) is 0 Å². The summed E-state index contributed by atoms with van der Waals surface area (Å²) >= 11 is 1.41. The number of rotatable bonds is 2. The second kappa shape index (κ2) is 5.25. The highest BCUT2D eigenvalue weighted by Gasteiger charge is 2.19. The van der Waals surface area contributed by atoms with Crippen LogP contribution in [0.2, 0.25) is 0 Å². The molecule has 0 rings (SSSR count). The van der Waals surface area contributed by atoms with Crippen molar-refractivity contribution in [1.82, 2.24) is 0 Å². The largest absolute Gasteiger partial charge is 0.322 e. The van der Waals surface area contributed by atoms with E-state index in [-0.39, 0.29) is 11.5 Å². The average Bonchev–Trinajstić information content (AvgIpc) is 1.96. The molecule has 0 fully saturated rings. The molecule has 0 saturated heterocycles. The highest BCUT2D eigenvalue weighted by Crippen LogP contribution is 2.21. The van der Waals surface area contributed by atoms with Crippen molar-refractivity contribution in [2.24, 2.45) is 16.1 Å². The van der Waals surface area contributed by atoms with Gasteiger partial charge in [-0.05, 0) is 18.1 Å². The van der Waals surface area contributed by atoms with Crippen LogP contribution in [0.25, 0.3) is 0 Å². The first-order valence-electron chi connectivity index (χ1n) is 4.03. The normalized spacial score (nSPS) is 15.2. The Hall–Kier alpha value is -0.530. The van der Waals surface area contributed by atoms with Gasteiger partial charge in [-0.2, -0.15) is 10.3 Å². The fourth-order valence-corrected chi connectivity index (χ4v) is 1.39. The van der Waals surface area contributed by atoms with Crippen molar-refractivity contribution < 1.29 is 0 Å². The highest BCUT2D eigenvalue weighted by atomic mass is 32.2. The van der Waals surface area contributed by atoms with Crippen LogP contribution in [0.5, 0.6) is 0 Å². The van der Waals surface area contributed by atoms with E-state index < -0.39 is 0 Å². The Kier molecular flexibility index (Phi) is 5.04. The van der Waals surface area contributed by atoms with Crippen molar-refractivity contribution in [3.8, 4) is 6.19 Å². The van der Waals surface area contributed by atoms with Crippen molar-refractivity contribution >= 4 is 16.8 Å². The smallest absolute Gasteiger partial charge is 0.206 e. The van der Waals surface area contributed by atoms with Gasteiger partial charge >= 0.3 is 0 Å². The minimum Gasteiger partial charge on any atom is -0.322 e. The van der Waals surface area contributed by atoms with E-state index in [1.165, 1.54) is 11.8 Å². The van der Waals surface area contributed by atoms with Gasteiger partial charge in [-0.1, -0.05) is 20.8 Å². The van der Waals surface area contributed by atoms with Crippen molar-refractivity contribution in [3.05, 3.63) is 6.42 Å². The molecule has 0 spiro atoms. The Labute approximate surface area is 84.4 Å². The molecular weight excluding hydrogens is 182 g/mol. The highest BCUT2D eigenvalue weighted by molar-refractivity contribution is 8.13. The first-order valence-corrected chi connectivity index (χ1v) is 5.25. The number of nitriles is 1. The van der Waals surface area contributed by atoms with E-state index in [0.29, 0.717) is 5.04 Å². The minimum absolute atomic E-state index is 0.0470. The van der Waals surface area contributed by atoms with Crippen LogP contribution in [-0.2, 0) is 0 Å². The van der Waals surface area contributed by atoms with Crippen LogP contribution in [0.15, 0.2) is 4.99 Å². The first-order chi connectivity index (χ1) is 5.90. The molecule has 0 heterocycles. The zero-order valence-corrected chi connectivity index (χ0v) is 9.35. The van der Waals surface area contributed by atoms with E-state index in [0.717, 1.165) is 0 Å². The standard InChI is InChI=1S/C9H16N3S/c1-9(2,3)5-7(11)8(13-4)12-6-10/h5,7H,11H2,1-4H3. The van der Waals surface area contributed by atoms with Crippen LogP contribution in [-0.4, -0.2) is 17.3 Å². The van der Waals surface area contributed by atoms with E-state index in [1.807, 2.05) is 12.7 Å². The maximum atomic E-state index is 8.39. The zero-order valence-electron chi connectivity index (χ0n) is 8.53. The summed E-state index contributed by atoms with van der Waals surface area (Å²) in [5, 5.41) is 9.06. The van der Waals surface area contributed by atoms with E-state index in [9.17, 15) is 0 Å². The van der Waals surface area contributed by atoms with Crippen LogP contribution in [0.3, 0.4) is 0 Å². The van der Waals surface area contributed by atoms with E-state index >= 15 is 0 Å². The van der Waals surface area contributed by atoms with Gasteiger partial charge in [0.05, 0.1) is 6.04 Å². The second-order valence-corrected chi connectivity index (χ2v) is 4.64. The molecule has 0 amide bonds. The first kappa shape index (κ1) is 12.5. The van der Waals surface area contributed by atoms with Crippen LogP contribution in [0, 0.1) is 23.3 Å². The number of hydrogen-bond donors (Lipinski definition) is 1. The molecule has 0 aromatic carbocycles. The number of thioether (sulfide) groups is 1. The summed E-state index contributed by atoms with van der Waals surface area (Å²) < 4.78 is 0. The Balaban J connectivity index is 4.33. The molecule has 0 aromatic rings. The third-order valence-electron chi connectivity index (χ3n) is 1.33. The van der Waals surface area contributed by atoms with Gasteiger partial charge in [0, 0.05) is 0 Å².